The van der Waals surface area contributed by atoms with E-state index < -0.39 is 50.4 Å². The Labute approximate surface area is 187 Å². The fourth-order valence-corrected chi connectivity index (χ4v) is 3.90. The second-order valence-electron chi connectivity index (χ2n) is 7.44. The highest BCUT2D eigenvalue weighted by Crippen LogP contribution is 2.37. The molecule has 0 spiro atoms. The highest BCUT2D eigenvalue weighted by molar-refractivity contribution is 7.46. The van der Waals surface area contributed by atoms with E-state index in [1.54, 1.807) is 30.3 Å². The maximum Gasteiger partial charge on any atom is 0.469 e. The van der Waals surface area contributed by atoms with Crippen molar-refractivity contribution in [1.29, 1.82) is 0 Å². The zero-order chi connectivity index (χ0) is 23.8. The van der Waals surface area contributed by atoms with Gasteiger partial charge < -0.3 is 34.4 Å². The number of phosphoric acid groups is 1. The number of carbonyl (C=O) groups excluding carboxylic acids is 1. The Morgan fingerprint density at radius 1 is 1.27 bits per heavy atom. The number of rotatable bonds is 8. The molecule has 1 saturated heterocycles. The van der Waals surface area contributed by atoms with E-state index in [1.807, 2.05) is 0 Å². The molecule has 1 unspecified atom stereocenters. The van der Waals surface area contributed by atoms with E-state index in [0.29, 0.717) is 5.75 Å². The van der Waals surface area contributed by atoms with Gasteiger partial charge in [-0.15, -0.1) is 0 Å². The second-order valence-corrected chi connectivity index (χ2v) is 8.68. The summed E-state index contributed by atoms with van der Waals surface area (Å²) in [5, 5.41) is 20.7. The van der Waals surface area contributed by atoms with Crippen LogP contribution < -0.4 is 10.5 Å². The first-order chi connectivity index (χ1) is 15.6. The van der Waals surface area contributed by atoms with Gasteiger partial charge in [0.05, 0.1) is 6.61 Å². The van der Waals surface area contributed by atoms with Crippen molar-refractivity contribution in [3.63, 3.8) is 0 Å². The number of carbonyl (C=O) groups is 1. The van der Waals surface area contributed by atoms with E-state index in [1.165, 1.54) is 4.90 Å². The fraction of sp³-hybridized carbons (Fsp3) is 0.444. The van der Waals surface area contributed by atoms with Gasteiger partial charge in [0.1, 0.15) is 42.8 Å². The molecule has 3 aliphatic rings. The quantitative estimate of drug-likeness (QED) is 0.255. The molecule has 4 rings (SSSR count). The number of fused-ring (bicyclic) bond motifs is 1. The maximum absolute atomic E-state index is 12.9. The van der Waals surface area contributed by atoms with Crippen LogP contribution >= 0.6 is 7.82 Å². The van der Waals surface area contributed by atoms with Crippen molar-refractivity contribution in [2.45, 2.75) is 30.2 Å². The molecule has 0 aromatic heterocycles. The lowest BCUT2D eigenvalue weighted by Gasteiger charge is -2.31. The van der Waals surface area contributed by atoms with Crippen molar-refractivity contribution in [2.75, 3.05) is 19.9 Å². The summed E-state index contributed by atoms with van der Waals surface area (Å²) in [5.41, 5.74) is 4.42. The average Bonchev–Trinajstić information content (AvgIpc) is 3.33. The van der Waals surface area contributed by atoms with Crippen LogP contribution in [-0.2, 0) is 18.6 Å². The second kappa shape index (κ2) is 9.00. The molecule has 33 heavy (non-hydrogen) atoms. The Kier molecular flexibility index (Phi) is 6.44. The topological polar surface area (TPSA) is 209 Å². The van der Waals surface area contributed by atoms with Crippen LogP contribution in [0, 0.1) is 0 Å². The van der Waals surface area contributed by atoms with Crippen molar-refractivity contribution >= 4 is 31.5 Å². The van der Waals surface area contributed by atoms with E-state index in [9.17, 15) is 19.6 Å². The monoisotopic (exact) mass is 483 g/mol. The van der Waals surface area contributed by atoms with E-state index in [0.717, 1.165) is 6.34 Å². The minimum atomic E-state index is -4.81. The van der Waals surface area contributed by atoms with Crippen LogP contribution in [0.4, 0.5) is 0 Å². The summed E-state index contributed by atoms with van der Waals surface area (Å²) in [4.78, 5) is 44.3. The molecule has 1 fully saturated rings. The summed E-state index contributed by atoms with van der Waals surface area (Å²) in [6.07, 6.45) is -4.35. The molecule has 14 nitrogen and oxygen atoms in total. The van der Waals surface area contributed by atoms with Crippen molar-refractivity contribution in [2.24, 2.45) is 20.7 Å². The molecule has 15 heteroatoms. The fourth-order valence-electron chi connectivity index (χ4n) is 3.56. The molecule has 0 bridgehead atoms. The van der Waals surface area contributed by atoms with Gasteiger partial charge in [-0.05, 0) is 12.1 Å². The van der Waals surface area contributed by atoms with Crippen molar-refractivity contribution in [1.82, 2.24) is 4.90 Å². The molecule has 0 amide bonds. The lowest BCUT2D eigenvalue weighted by molar-refractivity contribution is -0.123. The Hall–Kier alpha value is -2.55. The number of para-hydroxylation sites is 1. The van der Waals surface area contributed by atoms with Crippen LogP contribution in [0.15, 0.2) is 45.3 Å². The first kappa shape index (κ1) is 23.6. The Bertz CT molecular complexity index is 1050. The number of Topliss-reactive ketones (excluding diaryl/α,β-unsaturated/α-hetero) is 1. The number of amidine groups is 1. The Balaban J connectivity index is 1.45. The first-order valence-electron chi connectivity index (χ1n) is 9.75. The number of aliphatic hydroxyl groups is 2. The molecule has 1 aromatic rings. The molecule has 3 aliphatic heterocycles. The van der Waals surface area contributed by atoms with Gasteiger partial charge in [0.15, 0.2) is 18.7 Å². The van der Waals surface area contributed by atoms with Crippen molar-refractivity contribution < 1.29 is 43.4 Å². The number of aliphatic imine (C=N–C) groups is 3. The number of aliphatic hydroxyl groups excluding tert-OH is 2. The molecular formula is C18H22N5O9P. The van der Waals surface area contributed by atoms with Crippen LogP contribution in [0.2, 0.25) is 0 Å². The van der Waals surface area contributed by atoms with Crippen LogP contribution in [0.1, 0.15) is 0 Å². The predicted octanol–water partition coefficient (Wildman–Crippen LogP) is -2.00. The standard InChI is InChI=1S/C18H22N5O9P/c19-18(12(24)7-30-10-4-2-1-3-5-10)15-16(20-8-22-18)23(9-21-15)17-14(26)13(25)11(32-17)6-31-33(27,28)29/h1-5,8,11,13-14,17,25-26H,6-7,9,19H2,(H2,27,28,29)/t11-,13-,14-,17-,18?/m1/s1. The minimum absolute atomic E-state index is 0.0341. The Morgan fingerprint density at radius 2 is 2.00 bits per heavy atom. The number of ether oxygens (including phenoxy) is 2. The van der Waals surface area contributed by atoms with Gasteiger partial charge in [0.2, 0.25) is 11.4 Å². The van der Waals surface area contributed by atoms with E-state index in [-0.39, 0.29) is 24.8 Å². The highest BCUT2D eigenvalue weighted by atomic mass is 31.2. The van der Waals surface area contributed by atoms with Crippen LogP contribution in [0.3, 0.4) is 0 Å². The Morgan fingerprint density at radius 3 is 2.70 bits per heavy atom. The van der Waals surface area contributed by atoms with Crippen LogP contribution in [0.5, 0.6) is 5.75 Å². The molecule has 0 radical (unpaired) electrons. The minimum Gasteiger partial charge on any atom is -0.486 e. The summed E-state index contributed by atoms with van der Waals surface area (Å²) in [7, 11) is -4.81. The van der Waals surface area contributed by atoms with Gasteiger partial charge in [-0.25, -0.2) is 14.5 Å². The number of nitrogens with zero attached hydrogens (tertiary/aromatic N) is 4. The van der Waals surface area contributed by atoms with Crippen LogP contribution in [-0.4, -0.2) is 98.7 Å². The molecular weight excluding hydrogens is 461 g/mol. The predicted molar refractivity (Wildman–Crippen MR) is 113 cm³/mol. The van der Waals surface area contributed by atoms with Gasteiger partial charge in [-0.1, -0.05) is 18.2 Å². The summed E-state index contributed by atoms with van der Waals surface area (Å²) in [6.45, 7) is -1.17. The maximum atomic E-state index is 12.9. The molecule has 5 atom stereocenters. The van der Waals surface area contributed by atoms with Crippen LogP contribution in [0.25, 0.3) is 0 Å². The van der Waals surface area contributed by atoms with Gasteiger partial charge >= 0.3 is 7.82 Å². The third-order valence-corrected chi connectivity index (χ3v) is 5.74. The summed E-state index contributed by atoms with van der Waals surface area (Å²) < 4.78 is 26.3. The van der Waals surface area contributed by atoms with E-state index in [2.05, 4.69) is 19.5 Å². The first-order valence-corrected chi connectivity index (χ1v) is 11.3. The third-order valence-electron chi connectivity index (χ3n) is 5.26. The number of hydrogen-bond acceptors (Lipinski definition) is 12. The SMILES string of the molecule is NC1(C(=O)COc2ccccc2)N=CN=C2C1=NCN2[C@@H]1O[C@H](COP(=O)(O)O)[C@@H](O)[C@H]1O. The zero-order valence-corrected chi connectivity index (χ0v) is 17.9. The van der Waals surface area contributed by atoms with Gasteiger partial charge in [-0.3, -0.25) is 20.0 Å². The third kappa shape index (κ3) is 4.74. The molecule has 0 saturated carbocycles. The molecule has 178 valence electrons. The number of benzene rings is 1. The number of nitrogens with two attached hydrogens (primary N) is 1. The van der Waals surface area contributed by atoms with E-state index >= 15 is 0 Å². The molecule has 3 heterocycles. The lowest BCUT2D eigenvalue weighted by Crippen LogP contribution is -2.60. The van der Waals surface area contributed by atoms with Gasteiger partial charge in [0, 0.05) is 0 Å². The van der Waals surface area contributed by atoms with E-state index in [4.69, 9.17) is 25.0 Å². The molecule has 0 aliphatic carbocycles. The zero-order valence-electron chi connectivity index (χ0n) is 17.0. The lowest BCUT2D eigenvalue weighted by atomic mass is 9.98. The summed E-state index contributed by atoms with van der Waals surface area (Å²) >= 11 is 0. The largest absolute Gasteiger partial charge is 0.486 e. The van der Waals surface area contributed by atoms with Gasteiger partial charge in [0.25, 0.3) is 0 Å². The normalized spacial score (nSPS) is 31.2. The number of hydrogen-bond donors (Lipinski definition) is 5. The summed E-state index contributed by atoms with van der Waals surface area (Å²) in [6, 6.07) is 8.66. The van der Waals surface area contributed by atoms with Crippen molar-refractivity contribution in [3.05, 3.63) is 30.3 Å². The highest BCUT2D eigenvalue weighted by Gasteiger charge is 2.53. The smallest absolute Gasteiger partial charge is 0.469 e. The number of phosphoric ester groups is 1. The average molecular weight is 483 g/mol. The summed E-state index contributed by atoms with van der Waals surface area (Å²) in [5.74, 6) is -0.0111. The molecule has 1 aromatic carbocycles. The molecule has 6 N–H and O–H groups in total. The number of ketones is 1. The van der Waals surface area contributed by atoms with Gasteiger partial charge in [-0.2, -0.15) is 0 Å². The van der Waals surface area contributed by atoms with Crippen molar-refractivity contribution in [3.8, 4) is 5.75 Å².